The third-order valence-electron chi connectivity index (χ3n) is 2.24. The number of nitrogen functional groups attached to an aromatic ring is 1. The molecule has 0 spiro atoms. The first kappa shape index (κ1) is 11.8. The maximum absolute atomic E-state index is 11.2. The zero-order valence-corrected chi connectivity index (χ0v) is 9.58. The van der Waals surface area contributed by atoms with Gasteiger partial charge in [0.05, 0.1) is 11.4 Å². The molecule has 0 saturated carbocycles. The highest BCUT2D eigenvalue weighted by Crippen LogP contribution is 2.27. The van der Waals surface area contributed by atoms with Crippen LogP contribution >= 0.6 is 0 Å². The molecule has 15 heavy (non-hydrogen) atoms. The lowest BCUT2D eigenvalue weighted by Gasteiger charge is -2.20. The van der Waals surface area contributed by atoms with Gasteiger partial charge in [0.2, 0.25) is 10.0 Å². The Morgan fingerprint density at radius 1 is 1.40 bits per heavy atom. The Labute approximate surface area is 89.7 Å². The van der Waals surface area contributed by atoms with E-state index in [2.05, 4.69) is 0 Å². The van der Waals surface area contributed by atoms with Crippen LogP contribution in [0.4, 0.5) is 11.4 Å². The number of anilines is 2. The lowest BCUT2D eigenvalue weighted by molar-refractivity contribution is 0.598. The second-order valence-electron chi connectivity index (χ2n) is 3.25. The van der Waals surface area contributed by atoms with Crippen molar-refractivity contribution in [3.05, 3.63) is 18.2 Å². The minimum atomic E-state index is -3.75. The maximum atomic E-state index is 11.2. The summed E-state index contributed by atoms with van der Waals surface area (Å²) in [5, 5.41) is 5.04. The summed E-state index contributed by atoms with van der Waals surface area (Å²) in [5.41, 5.74) is 6.61. The first-order valence-corrected chi connectivity index (χ1v) is 6.05. The van der Waals surface area contributed by atoms with Crippen molar-refractivity contribution in [3.8, 4) is 0 Å². The molecule has 5 nitrogen and oxygen atoms in total. The molecule has 0 aromatic heterocycles. The van der Waals surface area contributed by atoms with E-state index in [1.807, 2.05) is 18.9 Å². The van der Waals surface area contributed by atoms with E-state index >= 15 is 0 Å². The van der Waals surface area contributed by atoms with E-state index in [1.165, 1.54) is 6.07 Å². The van der Waals surface area contributed by atoms with Crippen molar-refractivity contribution in [1.29, 1.82) is 0 Å². The van der Waals surface area contributed by atoms with Gasteiger partial charge < -0.3 is 10.6 Å². The molecule has 84 valence electrons. The minimum Gasteiger partial charge on any atom is -0.396 e. The summed E-state index contributed by atoms with van der Waals surface area (Å²) in [4.78, 5) is 1.82. The third kappa shape index (κ3) is 2.40. The van der Waals surface area contributed by atoms with E-state index < -0.39 is 10.0 Å². The zero-order valence-electron chi connectivity index (χ0n) is 8.77. The Morgan fingerprint density at radius 2 is 2.00 bits per heavy atom. The monoisotopic (exact) mass is 229 g/mol. The Balaban J connectivity index is 3.36. The fraction of sp³-hybridized carbons (Fsp3) is 0.333. The van der Waals surface area contributed by atoms with Gasteiger partial charge in [0.1, 0.15) is 4.90 Å². The number of primary sulfonamides is 1. The molecule has 1 aromatic carbocycles. The number of rotatable bonds is 3. The van der Waals surface area contributed by atoms with Crippen molar-refractivity contribution < 1.29 is 8.42 Å². The van der Waals surface area contributed by atoms with E-state index in [4.69, 9.17) is 10.9 Å². The van der Waals surface area contributed by atoms with Crippen molar-refractivity contribution in [2.24, 2.45) is 5.14 Å². The first-order chi connectivity index (χ1) is 6.88. The van der Waals surface area contributed by atoms with Gasteiger partial charge in [0.25, 0.3) is 0 Å². The molecule has 0 aliphatic rings. The molecule has 1 rings (SSSR count). The lowest BCUT2D eigenvalue weighted by Crippen LogP contribution is -2.20. The molecule has 4 N–H and O–H groups in total. The van der Waals surface area contributed by atoms with Crippen molar-refractivity contribution in [1.82, 2.24) is 0 Å². The van der Waals surface area contributed by atoms with Gasteiger partial charge in [0, 0.05) is 13.6 Å². The average Bonchev–Trinajstić information content (AvgIpc) is 2.15. The molecule has 6 heteroatoms. The summed E-state index contributed by atoms with van der Waals surface area (Å²) in [6.45, 7) is 2.68. The zero-order chi connectivity index (χ0) is 11.6. The normalized spacial score (nSPS) is 11.4. The van der Waals surface area contributed by atoms with E-state index in [1.54, 1.807) is 12.1 Å². The fourth-order valence-electron chi connectivity index (χ4n) is 1.28. The van der Waals surface area contributed by atoms with Gasteiger partial charge in [-0.15, -0.1) is 0 Å². The van der Waals surface area contributed by atoms with Gasteiger partial charge in [-0.3, -0.25) is 0 Å². The van der Waals surface area contributed by atoms with Crippen molar-refractivity contribution >= 4 is 21.4 Å². The van der Waals surface area contributed by atoms with Gasteiger partial charge in [-0.1, -0.05) is 6.07 Å². The SMILES string of the molecule is CCN(C)c1cccc(S(N)(=O)=O)c1N. The Morgan fingerprint density at radius 3 is 2.47 bits per heavy atom. The van der Waals surface area contributed by atoms with Crippen LogP contribution in [0.1, 0.15) is 6.92 Å². The van der Waals surface area contributed by atoms with E-state index in [-0.39, 0.29) is 10.6 Å². The second kappa shape index (κ2) is 4.08. The predicted molar refractivity (Wildman–Crippen MR) is 61.2 cm³/mol. The molecule has 0 radical (unpaired) electrons. The second-order valence-corrected chi connectivity index (χ2v) is 4.78. The quantitative estimate of drug-likeness (QED) is 0.733. The standard InChI is InChI=1S/C9H15N3O2S/c1-3-12(2)7-5-4-6-8(9(7)10)15(11,13)14/h4-6H,3,10H2,1-2H3,(H2,11,13,14). The summed E-state index contributed by atoms with van der Waals surface area (Å²) in [7, 11) is -1.92. The van der Waals surface area contributed by atoms with Crippen LogP contribution in [0.25, 0.3) is 0 Å². The highest BCUT2D eigenvalue weighted by molar-refractivity contribution is 7.89. The first-order valence-electron chi connectivity index (χ1n) is 4.50. The molecule has 1 aromatic rings. The number of nitrogens with two attached hydrogens (primary N) is 2. The van der Waals surface area contributed by atoms with Crippen molar-refractivity contribution in [2.45, 2.75) is 11.8 Å². The molecule has 0 aliphatic heterocycles. The number of hydrogen-bond acceptors (Lipinski definition) is 4. The molecule has 0 fully saturated rings. The van der Waals surface area contributed by atoms with Crippen LogP contribution in [-0.4, -0.2) is 22.0 Å². The number of benzene rings is 1. The van der Waals surface area contributed by atoms with Gasteiger partial charge in [-0.2, -0.15) is 0 Å². The van der Waals surface area contributed by atoms with Crippen LogP contribution in [0, 0.1) is 0 Å². The average molecular weight is 229 g/mol. The molecule has 0 amide bonds. The Hall–Kier alpha value is -1.27. The van der Waals surface area contributed by atoms with Crippen molar-refractivity contribution in [3.63, 3.8) is 0 Å². The number of nitrogens with zero attached hydrogens (tertiary/aromatic N) is 1. The molecule has 0 heterocycles. The van der Waals surface area contributed by atoms with Crippen molar-refractivity contribution in [2.75, 3.05) is 24.2 Å². The molecule has 0 aliphatic carbocycles. The largest absolute Gasteiger partial charge is 0.396 e. The molecule has 0 bridgehead atoms. The van der Waals surface area contributed by atoms with E-state index in [0.717, 1.165) is 6.54 Å². The number of para-hydroxylation sites is 1. The maximum Gasteiger partial charge on any atom is 0.240 e. The van der Waals surface area contributed by atoms with Gasteiger partial charge in [0.15, 0.2) is 0 Å². The van der Waals surface area contributed by atoms with Crippen LogP contribution < -0.4 is 15.8 Å². The molecule has 0 atom stereocenters. The molecule has 0 saturated heterocycles. The van der Waals surface area contributed by atoms with Crippen LogP contribution in [0.3, 0.4) is 0 Å². The highest BCUT2D eigenvalue weighted by Gasteiger charge is 2.15. The lowest BCUT2D eigenvalue weighted by atomic mass is 10.2. The summed E-state index contributed by atoms with van der Waals surface area (Å²) >= 11 is 0. The third-order valence-corrected chi connectivity index (χ3v) is 3.20. The predicted octanol–water partition coefficient (Wildman–Crippen LogP) is 0.372. The van der Waals surface area contributed by atoms with Gasteiger partial charge in [-0.05, 0) is 19.1 Å². The van der Waals surface area contributed by atoms with Crippen LogP contribution in [0.5, 0.6) is 0 Å². The minimum absolute atomic E-state index is 0.0275. The number of sulfonamides is 1. The summed E-state index contributed by atoms with van der Waals surface area (Å²) in [6, 6.07) is 4.78. The van der Waals surface area contributed by atoms with Crippen LogP contribution in [0.2, 0.25) is 0 Å². The molecule has 0 unspecified atom stereocenters. The van der Waals surface area contributed by atoms with Crippen LogP contribution in [0.15, 0.2) is 23.1 Å². The molecular formula is C9H15N3O2S. The number of hydrogen-bond donors (Lipinski definition) is 2. The van der Waals surface area contributed by atoms with E-state index in [0.29, 0.717) is 5.69 Å². The summed E-state index contributed by atoms with van der Waals surface area (Å²) in [6.07, 6.45) is 0. The topological polar surface area (TPSA) is 89.4 Å². The van der Waals surface area contributed by atoms with Gasteiger partial charge >= 0.3 is 0 Å². The Kier molecular flexibility index (Phi) is 3.21. The fourth-order valence-corrected chi connectivity index (χ4v) is 1.96. The van der Waals surface area contributed by atoms with Crippen LogP contribution in [-0.2, 0) is 10.0 Å². The van der Waals surface area contributed by atoms with E-state index in [9.17, 15) is 8.42 Å². The highest BCUT2D eigenvalue weighted by atomic mass is 32.2. The summed E-state index contributed by atoms with van der Waals surface area (Å²) in [5.74, 6) is 0. The summed E-state index contributed by atoms with van der Waals surface area (Å²) < 4.78 is 22.4. The smallest absolute Gasteiger partial charge is 0.240 e. The van der Waals surface area contributed by atoms with Gasteiger partial charge in [-0.25, -0.2) is 13.6 Å². The Bertz CT molecular complexity index is 456. The molecular weight excluding hydrogens is 214 g/mol.